The van der Waals surface area contributed by atoms with Crippen molar-refractivity contribution < 1.29 is 5.11 Å². The molecule has 2 N–H and O–H groups in total. The van der Waals surface area contributed by atoms with E-state index in [4.69, 9.17) is 23.2 Å². The van der Waals surface area contributed by atoms with Crippen LogP contribution in [-0.4, -0.2) is 14.9 Å². The van der Waals surface area contributed by atoms with Gasteiger partial charge < -0.3 is 10.4 Å². The molecule has 3 rings (SSSR count). The molecule has 4 nitrogen and oxygen atoms in total. The molecule has 1 aliphatic carbocycles. The van der Waals surface area contributed by atoms with Gasteiger partial charge in [0.15, 0.2) is 0 Å². The molecule has 6 heteroatoms. The Kier molecular flexibility index (Phi) is 4.11. The maximum Gasteiger partial charge on any atom is 0.138 e. The zero-order chi connectivity index (χ0) is 15.0. The Hall–Kier alpha value is -1.23. The lowest BCUT2D eigenvalue weighted by molar-refractivity contribution is 0.434. The second-order valence-corrected chi connectivity index (χ2v) is 6.23. The molecule has 1 atom stereocenters. The molecule has 1 aromatic heterocycles. The van der Waals surface area contributed by atoms with E-state index >= 15 is 0 Å². The van der Waals surface area contributed by atoms with Gasteiger partial charge in [0.05, 0.1) is 11.2 Å². The summed E-state index contributed by atoms with van der Waals surface area (Å²) < 4.78 is 1.94. The molecule has 0 radical (unpaired) electrons. The average Bonchev–Trinajstić information content (AvgIpc) is 2.84. The van der Waals surface area contributed by atoms with E-state index in [1.807, 2.05) is 17.9 Å². The number of nitrogens with one attached hydrogen (secondary N) is 1. The SMILES string of the molecule is Cn1ncc2c1CCC[C@@H]2NCc1cc(Cl)cc(Cl)c1O. The second kappa shape index (κ2) is 5.87. The minimum atomic E-state index is 0.0933. The maximum absolute atomic E-state index is 10.0. The lowest BCUT2D eigenvalue weighted by Gasteiger charge is -2.24. The first-order valence-electron chi connectivity index (χ1n) is 6.97. The maximum atomic E-state index is 10.0. The molecule has 0 spiro atoms. The number of fused-ring (bicyclic) bond motifs is 1. The molecule has 0 saturated heterocycles. The molecule has 2 aromatic rings. The first-order valence-corrected chi connectivity index (χ1v) is 7.73. The smallest absolute Gasteiger partial charge is 0.138 e. The second-order valence-electron chi connectivity index (χ2n) is 5.39. The van der Waals surface area contributed by atoms with Crippen LogP contribution in [0.2, 0.25) is 10.0 Å². The van der Waals surface area contributed by atoms with Gasteiger partial charge in [0, 0.05) is 41.5 Å². The molecule has 0 aliphatic heterocycles. The van der Waals surface area contributed by atoms with Gasteiger partial charge in [-0.3, -0.25) is 4.68 Å². The average molecular weight is 326 g/mol. The number of aromatic nitrogens is 2. The van der Waals surface area contributed by atoms with E-state index in [0.717, 1.165) is 19.3 Å². The van der Waals surface area contributed by atoms with Crippen molar-refractivity contribution in [3.63, 3.8) is 0 Å². The van der Waals surface area contributed by atoms with Crippen LogP contribution in [0.25, 0.3) is 0 Å². The number of phenolic OH excluding ortho intramolecular Hbond substituents is 1. The summed E-state index contributed by atoms with van der Waals surface area (Å²) in [4.78, 5) is 0. The number of aryl methyl sites for hydroxylation is 1. The standard InChI is InChI=1S/C15H17Cl2N3O/c1-20-14-4-2-3-13(11(14)8-19-20)18-7-9-5-10(16)6-12(17)15(9)21/h5-6,8,13,18,21H,2-4,7H2,1H3/t13-/m0/s1. The fraction of sp³-hybridized carbons (Fsp3) is 0.400. The van der Waals surface area contributed by atoms with E-state index in [9.17, 15) is 5.11 Å². The Balaban J connectivity index is 1.77. The summed E-state index contributed by atoms with van der Waals surface area (Å²) in [6.45, 7) is 0.519. The van der Waals surface area contributed by atoms with Crippen molar-refractivity contribution in [3.8, 4) is 5.75 Å². The number of hydrogen-bond acceptors (Lipinski definition) is 3. The van der Waals surface area contributed by atoms with Crippen LogP contribution in [0, 0.1) is 0 Å². The van der Waals surface area contributed by atoms with Gasteiger partial charge in [-0.15, -0.1) is 0 Å². The molecule has 1 aromatic carbocycles. The fourth-order valence-corrected chi connectivity index (χ4v) is 3.44. The molecule has 1 heterocycles. The highest BCUT2D eigenvalue weighted by Gasteiger charge is 2.23. The quantitative estimate of drug-likeness (QED) is 0.906. The van der Waals surface area contributed by atoms with Crippen molar-refractivity contribution >= 4 is 23.2 Å². The number of phenols is 1. The van der Waals surface area contributed by atoms with Crippen molar-refractivity contribution in [2.24, 2.45) is 7.05 Å². The van der Waals surface area contributed by atoms with Crippen molar-refractivity contribution in [3.05, 3.63) is 45.2 Å². The predicted octanol–water partition coefficient (Wildman–Crippen LogP) is 3.60. The summed E-state index contributed by atoms with van der Waals surface area (Å²) in [7, 11) is 1.98. The van der Waals surface area contributed by atoms with Gasteiger partial charge >= 0.3 is 0 Å². The lowest BCUT2D eigenvalue weighted by Crippen LogP contribution is -2.25. The van der Waals surface area contributed by atoms with Crippen LogP contribution in [0.4, 0.5) is 0 Å². The molecule has 0 bridgehead atoms. The third-order valence-electron chi connectivity index (χ3n) is 4.02. The van der Waals surface area contributed by atoms with Crippen LogP contribution in [0.1, 0.15) is 35.7 Å². The zero-order valence-corrected chi connectivity index (χ0v) is 13.2. The fourth-order valence-electron chi connectivity index (χ4n) is 2.91. The number of hydrogen-bond donors (Lipinski definition) is 2. The van der Waals surface area contributed by atoms with Crippen LogP contribution >= 0.6 is 23.2 Å². The zero-order valence-electron chi connectivity index (χ0n) is 11.7. The van der Waals surface area contributed by atoms with Crippen molar-refractivity contribution in [2.75, 3.05) is 0 Å². The van der Waals surface area contributed by atoms with Gasteiger partial charge in [-0.05, 0) is 31.4 Å². The van der Waals surface area contributed by atoms with Gasteiger partial charge in [-0.1, -0.05) is 23.2 Å². The Morgan fingerprint density at radius 2 is 2.24 bits per heavy atom. The van der Waals surface area contributed by atoms with E-state index in [1.54, 1.807) is 12.1 Å². The molecule has 0 fully saturated rings. The third-order valence-corrected chi connectivity index (χ3v) is 4.53. The summed E-state index contributed by atoms with van der Waals surface area (Å²) in [6, 6.07) is 3.53. The third kappa shape index (κ3) is 2.89. The van der Waals surface area contributed by atoms with E-state index in [2.05, 4.69) is 10.4 Å². The first-order chi connectivity index (χ1) is 10.1. The van der Waals surface area contributed by atoms with Gasteiger partial charge in [0.1, 0.15) is 5.75 Å². The van der Waals surface area contributed by atoms with E-state index < -0.39 is 0 Å². The number of rotatable bonds is 3. The van der Waals surface area contributed by atoms with Gasteiger partial charge in [0.2, 0.25) is 0 Å². The Morgan fingerprint density at radius 1 is 1.43 bits per heavy atom. The lowest BCUT2D eigenvalue weighted by atomic mass is 9.93. The Morgan fingerprint density at radius 3 is 3.05 bits per heavy atom. The van der Waals surface area contributed by atoms with E-state index in [1.165, 1.54) is 11.3 Å². The molecule has 1 aliphatic rings. The van der Waals surface area contributed by atoms with Crippen LogP contribution in [-0.2, 0) is 20.0 Å². The highest BCUT2D eigenvalue weighted by molar-refractivity contribution is 6.35. The number of benzene rings is 1. The molecular weight excluding hydrogens is 309 g/mol. The monoisotopic (exact) mass is 325 g/mol. The van der Waals surface area contributed by atoms with Gasteiger partial charge in [0.25, 0.3) is 0 Å². The van der Waals surface area contributed by atoms with Crippen LogP contribution in [0.3, 0.4) is 0 Å². The highest BCUT2D eigenvalue weighted by atomic mass is 35.5. The highest BCUT2D eigenvalue weighted by Crippen LogP contribution is 2.33. The van der Waals surface area contributed by atoms with Gasteiger partial charge in [-0.2, -0.15) is 5.10 Å². The van der Waals surface area contributed by atoms with Crippen molar-refractivity contribution in [1.29, 1.82) is 0 Å². The summed E-state index contributed by atoms with van der Waals surface area (Å²) in [5.74, 6) is 0.0933. The molecular formula is C15H17Cl2N3O. The normalized spacial score (nSPS) is 17.8. The molecule has 0 unspecified atom stereocenters. The van der Waals surface area contributed by atoms with Crippen LogP contribution in [0.5, 0.6) is 5.75 Å². The minimum Gasteiger partial charge on any atom is -0.506 e. The van der Waals surface area contributed by atoms with Crippen LogP contribution in [0.15, 0.2) is 18.3 Å². The minimum absolute atomic E-state index is 0.0933. The molecule has 21 heavy (non-hydrogen) atoms. The number of nitrogens with zero attached hydrogens (tertiary/aromatic N) is 2. The molecule has 0 amide bonds. The van der Waals surface area contributed by atoms with Gasteiger partial charge in [-0.25, -0.2) is 0 Å². The van der Waals surface area contributed by atoms with Crippen molar-refractivity contribution in [2.45, 2.75) is 31.8 Å². The summed E-state index contributed by atoms with van der Waals surface area (Å²) in [5, 5.41) is 18.6. The molecule has 0 saturated carbocycles. The first kappa shape index (κ1) is 14.7. The summed E-state index contributed by atoms with van der Waals surface area (Å²) >= 11 is 11.9. The van der Waals surface area contributed by atoms with E-state index in [0.29, 0.717) is 17.1 Å². The number of aromatic hydroxyl groups is 1. The Bertz CT molecular complexity index is 669. The van der Waals surface area contributed by atoms with E-state index in [-0.39, 0.29) is 16.8 Å². The molecule has 112 valence electrons. The van der Waals surface area contributed by atoms with Crippen molar-refractivity contribution in [1.82, 2.24) is 15.1 Å². The largest absolute Gasteiger partial charge is 0.506 e. The summed E-state index contributed by atoms with van der Waals surface area (Å²) in [5.41, 5.74) is 3.24. The van der Waals surface area contributed by atoms with Crippen LogP contribution < -0.4 is 5.32 Å². The number of halogens is 2. The Labute approximate surface area is 133 Å². The summed E-state index contributed by atoms with van der Waals surface area (Å²) in [6.07, 6.45) is 5.19. The topological polar surface area (TPSA) is 50.1 Å². The predicted molar refractivity (Wildman–Crippen MR) is 83.9 cm³/mol.